The molecule has 0 fully saturated rings. The van der Waals surface area contributed by atoms with Crippen molar-refractivity contribution >= 4 is 39.8 Å². The first-order valence-electron chi connectivity index (χ1n) is 7.78. The molecule has 1 aromatic rings. The van der Waals surface area contributed by atoms with Crippen molar-refractivity contribution in [3.8, 4) is 0 Å². The Morgan fingerprint density at radius 1 is 1.32 bits per heavy atom. The van der Waals surface area contributed by atoms with E-state index in [9.17, 15) is 14.4 Å². The zero-order chi connectivity index (χ0) is 18.7. The van der Waals surface area contributed by atoms with E-state index < -0.39 is 17.9 Å². The van der Waals surface area contributed by atoms with Gasteiger partial charge in [0.1, 0.15) is 0 Å². The SMILES string of the molecule is CCOC(=O)C=C[C@H](CCC(N)=O)NC(=O)C=Cc1cccc(Br)c1. The minimum Gasteiger partial charge on any atom is -0.463 e. The van der Waals surface area contributed by atoms with Gasteiger partial charge < -0.3 is 15.8 Å². The van der Waals surface area contributed by atoms with E-state index in [4.69, 9.17) is 10.5 Å². The number of benzene rings is 1. The van der Waals surface area contributed by atoms with E-state index in [0.717, 1.165) is 10.0 Å². The first-order valence-corrected chi connectivity index (χ1v) is 8.57. The quantitative estimate of drug-likeness (QED) is 0.483. The Balaban J connectivity index is 2.69. The van der Waals surface area contributed by atoms with E-state index in [-0.39, 0.29) is 18.9 Å². The largest absolute Gasteiger partial charge is 0.463 e. The Labute approximate surface area is 155 Å². The van der Waals surface area contributed by atoms with E-state index in [1.807, 2.05) is 24.3 Å². The predicted molar refractivity (Wildman–Crippen MR) is 99.3 cm³/mol. The fourth-order valence-electron chi connectivity index (χ4n) is 1.91. The van der Waals surface area contributed by atoms with Crippen LogP contribution in [-0.2, 0) is 19.1 Å². The van der Waals surface area contributed by atoms with Gasteiger partial charge in [0.2, 0.25) is 11.8 Å². The van der Waals surface area contributed by atoms with Crippen LogP contribution in [0.4, 0.5) is 0 Å². The molecule has 0 aliphatic rings. The van der Waals surface area contributed by atoms with E-state index in [2.05, 4.69) is 21.2 Å². The van der Waals surface area contributed by atoms with E-state index in [0.29, 0.717) is 6.42 Å². The molecule has 0 heterocycles. The number of rotatable bonds is 9. The van der Waals surface area contributed by atoms with Crippen LogP contribution in [0.5, 0.6) is 0 Å². The molecule has 1 rings (SSSR count). The number of ether oxygens (including phenoxy) is 1. The van der Waals surface area contributed by atoms with Gasteiger partial charge in [0.25, 0.3) is 0 Å². The Kier molecular flexibility index (Phi) is 9.24. The first kappa shape index (κ1) is 20.6. The molecule has 0 saturated carbocycles. The molecule has 0 spiro atoms. The van der Waals surface area contributed by atoms with Gasteiger partial charge in [-0.3, -0.25) is 9.59 Å². The van der Waals surface area contributed by atoms with Crippen LogP contribution in [-0.4, -0.2) is 30.4 Å². The van der Waals surface area contributed by atoms with Gasteiger partial charge in [0.15, 0.2) is 0 Å². The molecule has 0 bridgehead atoms. The van der Waals surface area contributed by atoms with Gasteiger partial charge in [0, 0.05) is 29.1 Å². The summed E-state index contributed by atoms with van der Waals surface area (Å²) in [5.41, 5.74) is 6.00. The standard InChI is InChI=1S/C18H21BrN2O4/c1-2-25-18(24)11-8-15(7-9-16(20)22)21-17(23)10-6-13-4-3-5-14(19)12-13/h3-6,8,10-12,15H,2,7,9H2,1H3,(H2,20,22)(H,21,23)/t15-/m0/s1. The summed E-state index contributed by atoms with van der Waals surface area (Å²) >= 11 is 3.36. The minimum absolute atomic E-state index is 0.0907. The predicted octanol–water partition coefficient (Wildman–Crippen LogP) is 2.33. The average Bonchev–Trinajstić information content (AvgIpc) is 2.55. The number of carbonyl (C=O) groups is 3. The monoisotopic (exact) mass is 408 g/mol. The highest BCUT2D eigenvalue weighted by molar-refractivity contribution is 9.10. The number of nitrogens with two attached hydrogens (primary N) is 1. The van der Waals surface area contributed by atoms with Crippen LogP contribution in [0.25, 0.3) is 6.08 Å². The zero-order valence-corrected chi connectivity index (χ0v) is 15.5. The molecule has 2 amide bonds. The van der Waals surface area contributed by atoms with Gasteiger partial charge >= 0.3 is 5.97 Å². The number of primary amides is 1. The Hall–Kier alpha value is -2.41. The average molecular weight is 409 g/mol. The highest BCUT2D eigenvalue weighted by Crippen LogP contribution is 2.12. The van der Waals surface area contributed by atoms with Gasteiger partial charge in [-0.1, -0.05) is 34.1 Å². The molecule has 1 aromatic carbocycles. The Morgan fingerprint density at radius 2 is 2.08 bits per heavy atom. The highest BCUT2D eigenvalue weighted by atomic mass is 79.9. The lowest BCUT2D eigenvalue weighted by Crippen LogP contribution is -2.33. The second kappa shape index (κ2) is 11.2. The summed E-state index contributed by atoms with van der Waals surface area (Å²) < 4.78 is 5.70. The topological polar surface area (TPSA) is 98.5 Å². The number of hydrogen-bond acceptors (Lipinski definition) is 4. The maximum absolute atomic E-state index is 12.1. The van der Waals surface area contributed by atoms with Gasteiger partial charge in [-0.05, 0) is 37.1 Å². The van der Waals surface area contributed by atoms with Crippen molar-refractivity contribution < 1.29 is 19.1 Å². The van der Waals surface area contributed by atoms with Crippen LogP contribution in [0.1, 0.15) is 25.3 Å². The van der Waals surface area contributed by atoms with Gasteiger partial charge in [-0.25, -0.2) is 4.79 Å². The van der Waals surface area contributed by atoms with Crippen molar-refractivity contribution in [3.63, 3.8) is 0 Å². The number of nitrogens with one attached hydrogen (secondary N) is 1. The lowest BCUT2D eigenvalue weighted by Gasteiger charge is -2.12. The summed E-state index contributed by atoms with van der Waals surface area (Å²) in [6.45, 7) is 1.96. The third kappa shape index (κ3) is 9.46. The van der Waals surface area contributed by atoms with Crippen molar-refractivity contribution in [3.05, 3.63) is 52.5 Å². The number of hydrogen-bond donors (Lipinski definition) is 2. The zero-order valence-electron chi connectivity index (χ0n) is 13.9. The molecule has 0 aliphatic heterocycles. The first-order chi connectivity index (χ1) is 11.9. The van der Waals surface area contributed by atoms with E-state index in [1.165, 1.54) is 18.2 Å². The summed E-state index contributed by atoms with van der Waals surface area (Å²) in [6.07, 6.45) is 6.16. The van der Waals surface area contributed by atoms with Crippen molar-refractivity contribution in [1.82, 2.24) is 5.32 Å². The molecule has 0 aliphatic carbocycles. The van der Waals surface area contributed by atoms with Crippen molar-refractivity contribution in [2.24, 2.45) is 5.73 Å². The highest BCUT2D eigenvalue weighted by Gasteiger charge is 2.10. The van der Waals surface area contributed by atoms with E-state index >= 15 is 0 Å². The Bertz CT molecular complexity index is 671. The third-order valence-electron chi connectivity index (χ3n) is 3.06. The molecular formula is C18H21BrN2O4. The van der Waals surface area contributed by atoms with Crippen molar-refractivity contribution in [1.29, 1.82) is 0 Å². The lowest BCUT2D eigenvalue weighted by molar-refractivity contribution is -0.137. The van der Waals surface area contributed by atoms with Crippen LogP contribution in [0.2, 0.25) is 0 Å². The second-order valence-corrected chi connectivity index (χ2v) is 6.04. The molecule has 25 heavy (non-hydrogen) atoms. The lowest BCUT2D eigenvalue weighted by atomic mass is 10.1. The molecule has 0 radical (unpaired) electrons. The number of amides is 2. The van der Waals surface area contributed by atoms with Crippen molar-refractivity contribution in [2.45, 2.75) is 25.8 Å². The molecule has 7 heteroatoms. The van der Waals surface area contributed by atoms with Gasteiger partial charge in [-0.15, -0.1) is 0 Å². The molecular weight excluding hydrogens is 388 g/mol. The summed E-state index contributed by atoms with van der Waals surface area (Å²) in [5, 5.41) is 2.71. The van der Waals surface area contributed by atoms with E-state index in [1.54, 1.807) is 13.0 Å². The van der Waals surface area contributed by atoms with Gasteiger partial charge in [-0.2, -0.15) is 0 Å². The summed E-state index contributed by atoms with van der Waals surface area (Å²) in [4.78, 5) is 34.4. The number of esters is 1. The molecule has 0 saturated heterocycles. The van der Waals surface area contributed by atoms with Crippen LogP contribution < -0.4 is 11.1 Å². The van der Waals surface area contributed by atoms with Crippen LogP contribution in [0.15, 0.2) is 47.0 Å². The molecule has 134 valence electrons. The second-order valence-electron chi connectivity index (χ2n) is 5.12. The maximum atomic E-state index is 12.1. The minimum atomic E-state index is -0.509. The Morgan fingerprint density at radius 3 is 2.72 bits per heavy atom. The van der Waals surface area contributed by atoms with Crippen LogP contribution >= 0.6 is 15.9 Å². The summed E-state index contributed by atoms with van der Waals surface area (Å²) in [7, 11) is 0. The van der Waals surface area contributed by atoms with Crippen LogP contribution in [0, 0.1) is 0 Å². The maximum Gasteiger partial charge on any atom is 0.330 e. The third-order valence-corrected chi connectivity index (χ3v) is 3.55. The number of halogens is 1. The molecule has 0 unspecified atom stereocenters. The van der Waals surface area contributed by atoms with Crippen LogP contribution in [0.3, 0.4) is 0 Å². The molecule has 6 nitrogen and oxygen atoms in total. The fraction of sp³-hybridized carbons (Fsp3) is 0.278. The summed E-state index contributed by atoms with van der Waals surface area (Å²) in [6, 6.07) is 6.97. The fourth-order valence-corrected chi connectivity index (χ4v) is 2.33. The smallest absolute Gasteiger partial charge is 0.330 e. The molecule has 0 aromatic heterocycles. The normalized spacial score (nSPS) is 12.2. The number of carbonyl (C=O) groups excluding carboxylic acids is 3. The van der Waals surface area contributed by atoms with Crippen molar-refractivity contribution in [2.75, 3.05) is 6.61 Å². The summed E-state index contributed by atoms with van der Waals surface area (Å²) in [5.74, 6) is -1.33. The van der Waals surface area contributed by atoms with Gasteiger partial charge in [0.05, 0.1) is 6.61 Å². The molecule has 3 N–H and O–H groups in total. The molecule has 1 atom stereocenters.